The lowest BCUT2D eigenvalue weighted by Crippen LogP contribution is -2.55. The number of benzene rings is 1. The van der Waals surface area contributed by atoms with Gasteiger partial charge in [-0.15, -0.1) is 0 Å². The molecule has 0 saturated heterocycles. The van der Waals surface area contributed by atoms with Gasteiger partial charge in [-0.3, -0.25) is 19.2 Å². The lowest BCUT2D eigenvalue weighted by atomic mass is 10.0. The van der Waals surface area contributed by atoms with Crippen LogP contribution in [0.1, 0.15) is 45.1 Å². The average molecular weight is 606 g/mol. The summed E-state index contributed by atoms with van der Waals surface area (Å²) in [6.45, 7) is 3.24. The molecule has 17 nitrogen and oxygen atoms in total. The zero-order chi connectivity index (χ0) is 32.4. The van der Waals surface area contributed by atoms with Crippen LogP contribution in [0.4, 0.5) is 15.3 Å². The largest absolute Gasteiger partial charge is 0.481 e. The van der Waals surface area contributed by atoms with Gasteiger partial charge in [0.05, 0.1) is 0 Å². The van der Waals surface area contributed by atoms with Crippen LogP contribution in [0.2, 0.25) is 0 Å². The number of rotatable bonds is 18. The van der Waals surface area contributed by atoms with Gasteiger partial charge in [0, 0.05) is 37.2 Å². The molecule has 43 heavy (non-hydrogen) atoms. The van der Waals surface area contributed by atoms with Crippen molar-refractivity contribution in [1.82, 2.24) is 20.9 Å². The molecule has 0 unspecified atom stereocenters. The third-order valence-corrected chi connectivity index (χ3v) is 5.92. The first-order chi connectivity index (χ1) is 20.3. The van der Waals surface area contributed by atoms with Gasteiger partial charge in [-0.2, -0.15) is 0 Å². The van der Waals surface area contributed by atoms with Gasteiger partial charge in [0.1, 0.15) is 25.2 Å². The molecular weight excluding hydrogens is 566 g/mol. The normalized spacial score (nSPS) is 11.7. The molecule has 0 bridgehead atoms. The quantitative estimate of drug-likeness (QED) is 0.0616. The van der Waals surface area contributed by atoms with Crippen LogP contribution in [-0.4, -0.2) is 84.6 Å². The number of carbonyl (C=O) groups is 6. The molecule has 0 saturated carbocycles. The van der Waals surface area contributed by atoms with E-state index in [-0.39, 0.29) is 38.5 Å². The van der Waals surface area contributed by atoms with E-state index in [0.29, 0.717) is 24.1 Å². The zero-order valence-corrected chi connectivity index (χ0v) is 24.4. The van der Waals surface area contributed by atoms with Crippen molar-refractivity contribution >= 4 is 41.5 Å². The van der Waals surface area contributed by atoms with Gasteiger partial charge >= 0.3 is 18.1 Å². The molecule has 0 aliphatic carbocycles. The van der Waals surface area contributed by atoms with E-state index in [0.717, 1.165) is 0 Å². The second kappa shape index (κ2) is 19.1. The summed E-state index contributed by atoms with van der Waals surface area (Å²) >= 11 is 0. The smallest absolute Gasteiger partial charge is 0.409 e. The van der Waals surface area contributed by atoms with Crippen LogP contribution < -0.4 is 27.0 Å². The summed E-state index contributed by atoms with van der Waals surface area (Å²) in [5.74, 6) is -3.15. The van der Waals surface area contributed by atoms with E-state index >= 15 is 0 Å². The van der Waals surface area contributed by atoms with Crippen molar-refractivity contribution in [3.8, 4) is 0 Å². The SMILES string of the molecule is CC(C)[C@H](NC(=O)CN=[N+]=[N-])C(=O)N[C@@H](CCCNC(N)=O)C(=O)Nc1ccc(COC(=O)N(C)CCCC(=O)O)cc1. The molecule has 0 aliphatic rings. The van der Waals surface area contributed by atoms with E-state index < -0.39 is 54.4 Å². The second-order valence-electron chi connectivity index (χ2n) is 9.83. The summed E-state index contributed by atoms with van der Waals surface area (Å²) in [5.41, 5.74) is 14.5. The maximum Gasteiger partial charge on any atom is 0.409 e. The zero-order valence-electron chi connectivity index (χ0n) is 24.4. The van der Waals surface area contributed by atoms with Crippen molar-refractivity contribution in [3.63, 3.8) is 0 Å². The molecule has 0 spiro atoms. The molecular formula is C26H39N9O8. The number of amides is 6. The standard InChI is InChI=1S/C26H39N9O8/c1-16(2)22(33-20(36)14-30-34-28)24(40)32-19(6-4-12-29-25(27)41)23(39)31-18-10-8-17(9-11-18)15-43-26(42)35(3)13-5-7-21(37)38/h8-11,16,19,22H,4-7,12-15H2,1-3H3,(H,31,39)(H,32,40)(H,33,36)(H,37,38)(H3,27,29,41)/t19-,22-/m0/s1. The topological polar surface area (TPSA) is 258 Å². The number of nitrogens with one attached hydrogen (secondary N) is 4. The Bertz CT molecular complexity index is 1170. The summed E-state index contributed by atoms with van der Waals surface area (Å²) in [6.07, 6.45) is 0.0477. The first kappa shape index (κ1) is 36.0. The summed E-state index contributed by atoms with van der Waals surface area (Å²) < 4.78 is 5.23. The Morgan fingerprint density at radius 1 is 1.07 bits per heavy atom. The Hall–Kier alpha value is -5.05. The number of nitrogens with zero attached hydrogens (tertiary/aromatic N) is 4. The first-order valence-corrected chi connectivity index (χ1v) is 13.5. The predicted molar refractivity (Wildman–Crippen MR) is 154 cm³/mol. The van der Waals surface area contributed by atoms with Crippen LogP contribution in [0.3, 0.4) is 0 Å². The number of nitrogens with two attached hydrogens (primary N) is 1. The van der Waals surface area contributed by atoms with Gasteiger partial charge in [-0.25, -0.2) is 9.59 Å². The van der Waals surface area contributed by atoms with E-state index in [9.17, 15) is 28.8 Å². The van der Waals surface area contributed by atoms with Crippen molar-refractivity contribution in [3.05, 3.63) is 40.3 Å². The molecule has 2 atom stereocenters. The number of hydrogen-bond acceptors (Lipinski definition) is 8. The van der Waals surface area contributed by atoms with Gasteiger partial charge in [0.15, 0.2) is 0 Å². The van der Waals surface area contributed by atoms with Crippen LogP contribution in [0.25, 0.3) is 10.4 Å². The Morgan fingerprint density at radius 3 is 2.33 bits per heavy atom. The van der Waals surface area contributed by atoms with Crippen molar-refractivity contribution in [2.75, 3.05) is 32.0 Å². The van der Waals surface area contributed by atoms with E-state index in [1.54, 1.807) is 38.1 Å². The molecule has 1 aromatic rings. The summed E-state index contributed by atoms with van der Waals surface area (Å²) in [6, 6.07) is 3.63. The molecule has 17 heteroatoms. The second-order valence-corrected chi connectivity index (χ2v) is 9.83. The van der Waals surface area contributed by atoms with Crippen LogP contribution in [-0.2, 0) is 30.5 Å². The van der Waals surface area contributed by atoms with Crippen LogP contribution >= 0.6 is 0 Å². The molecule has 1 aromatic carbocycles. The molecule has 1 rings (SSSR count). The van der Waals surface area contributed by atoms with Gasteiger partial charge < -0.3 is 41.7 Å². The molecule has 0 radical (unpaired) electrons. The monoisotopic (exact) mass is 605 g/mol. The lowest BCUT2D eigenvalue weighted by Gasteiger charge is -2.25. The number of hydrogen-bond donors (Lipinski definition) is 6. The first-order valence-electron chi connectivity index (χ1n) is 13.5. The van der Waals surface area contributed by atoms with Crippen molar-refractivity contribution in [2.24, 2.45) is 16.8 Å². The fraction of sp³-hybridized carbons (Fsp3) is 0.538. The number of anilines is 1. The molecule has 0 aliphatic heterocycles. The molecule has 0 heterocycles. The van der Waals surface area contributed by atoms with Crippen LogP contribution in [0.15, 0.2) is 29.4 Å². The summed E-state index contributed by atoms with van der Waals surface area (Å²) in [7, 11) is 1.50. The highest BCUT2D eigenvalue weighted by atomic mass is 16.6. The van der Waals surface area contributed by atoms with E-state index in [1.165, 1.54) is 11.9 Å². The number of azide groups is 1. The van der Waals surface area contributed by atoms with Crippen molar-refractivity contribution < 1.29 is 38.6 Å². The summed E-state index contributed by atoms with van der Waals surface area (Å²) in [5, 5.41) is 22.1. The van der Waals surface area contributed by atoms with Crippen molar-refractivity contribution in [2.45, 2.75) is 58.2 Å². The van der Waals surface area contributed by atoms with Gasteiger partial charge in [-0.1, -0.05) is 31.1 Å². The van der Waals surface area contributed by atoms with Crippen LogP contribution in [0, 0.1) is 5.92 Å². The van der Waals surface area contributed by atoms with E-state index in [4.69, 9.17) is 21.1 Å². The number of carbonyl (C=O) groups excluding carboxylic acids is 5. The molecule has 6 amide bonds. The minimum atomic E-state index is -1.05. The maximum atomic E-state index is 13.1. The number of carboxylic acids is 1. The number of ether oxygens (including phenoxy) is 1. The summed E-state index contributed by atoms with van der Waals surface area (Å²) in [4.78, 5) is 75.7. The number of carboxylic acid groups (broad SMARTS) is 1. The molecule has 236 valence electrons. The van der Waals surface area contributed by atoms with Crippen molar-refractivity contribution in [1.29, 1.82) is 0 Å². The average Bonchev–Trinajstić information content (AvgIpc) is 2.94. The fourth-order valence-electron chi connectivity index (χ4n) is 3.63. The Balaban J connectivity index is 2.84. The Labute approximate surface area is 248 Å². The third kappa shape index (κ3) is 14.9. The molecule has 0 fully saturated rings. The number of primary amides is 1. The third-order valence-electron chi connectivity index (χ3n) is 5.92. The predicted octanol–water partition coefficient (Wildman–Crippen LogP) is 1.44. The Kier molecular flexibility index (Phi) is 16.0. The number of urea groups is 1. The van der Waals surface area contributed by atoms with E-state index in [2.05, 4.69) is 31.3 Å². The maximum absolute atomic E-state index is 13.1. The van der Waals surface area contributed by atoms with E-state index in [1.807, 2.05) is 0 Å². The highest BCUT2D eigenvalue weighted by Crippen LogP contribution is 2.13. The minimum absolute atomic E-state index is 0.0517. The van der Waals surface area contributed by atoms with Gasteiger partial charge in [-0.05, 0) is 48.4 Å². The van der Waals surface area contributed by atoms with Gasteiger partial charge in [0.2, 0.25) is 17.7 Å². The van der Waals surface area contributed by atoms with Gasteiger partial charge in [0.25, 0.3) is 0 Å². The highest BCUT2D eigenvalue weighted by Gasteiger charge is 2.28. The highest BCUT2D eigenvalue weighted by molar-refractivity contribution is 5.98. The molecule has 7 N–H and O–H groups in total. The minimum Gasteiger partial charge on any atom is -0.481 e. The fourth-order valence-corrected chi connectivity index (χ4v) is 3.63. The van der Waals surface area contributed by atoms with Crippen LogP contribution in [0.5, 0.6) is 0 Å². The Morgan fingerprint density at radius 2 is 1.74 bits per heavy atom. The number of aliphatic carboxylic acids is 1. The lowest BCUT2D eigenvalue weighted by molar-refractivity contribution is -0.137. The molecule has 0 aromatic heterocycles.